The van der Waals surface area contributed by atoms with Crippen LogP contribution in [0.5, 0.6) is 5.75 Å². The Morgan fingerprint density at radius 3 is 2.57 bits per heavy atom. The first-order chi connectivity index (χ1) is 17.6. The van der Waals surface area contributed by atoms with Gasteiger partial charge in [0.05, 0.1) is 5.69 Å². The van der Waals surface area contributed by atoms with Crippen molar-refractivity contribution in [3.05, 3.63) is 92.4 Å². The average molecular weight is 583 g/mol. The summed E-state index contributed by atoms with van der Waals surface area (Å²) in [5.41, 5.74) is 2.51. The number of amides is 5. The van der Waals surface area contributed by atoms with Gasteiger partial charge in [-0.05, 0) is 67.4 Å². The number of imide groups is 2. The van der Waals surface area contributed by atoms with Crippen molar-refractivity contribution in [3.8, 4) is 5.75 Å². The highest BCUT2D eigenvalue weighted by molar-refractivity contribution is 9.10. The van der Waals surface area contributed by atoms with E-state index in [1.165, 1.54) is 12.1 Å². The van der Waals surface area contributed by atoms with Crippen LogP contribution in [0.25, 0.3) is 6.08 Å². The number of carbonyl (C=O) groups is 4. The van der Waals surface area contributed by atoms with Crippen molar-refractivity contribution in [3.63, 3.8) is 0 Å². The van der Waals surface area contributed by atoms with Crippen molar-refractivity contribution in [1.82, 2.24) is 5.32 Å². The van der Waals surface area contributed by atoms with Gasteiger partial charge in [-0.3, -0.25) is 19.7 Å². The van der Waals surface area contributed by atoms with Crippen molar-refractivity contribution < 1.29 is 23.9 Å². The van der Waals surface area contributed by atoms with Crippen LogP contribution in [-0.4, -0.2) is 30.4 Å². The molecule has 188 valence electrons. The van der Waals surface area contributed by atoms with E-state index >= 15 is 0 Å². The number of hydrogen-bond donors (Lipinski definition) is 2. The molecule has 1 aliphatic rings. The molecule has 0 atom stereocenters. The number of hydrogen-bond acceptors (Lipinski definition) is 5. The standard InChI is InChI=1S/C27H21BrClN3O5/c1-15-5-3-4-6-21(15)30-24(33)14-37-23-10-8-18(28)11-17(23)12-20-25(34)31-27(36)32(26(20)35)22-13-19(29)9-7-16(22)2/h3-13H,14H2,1-2H3,(H,30,33)(H,31,34,36)/b20-12+. The Bertz CT molecular complexity index is 1470. The molecule has 3 aromatic rings. The van der Waals surface area contributed by atoms with Crippen LogP contribution in [0, 0.1) is 13.8 Å². The lowest BCUT2D eigenvalue weighted by atomic mass is 10.0. The minimum Gasteiger partial charge on any atom is -0.483 e. The van der Waals surface area contributed by atoms with Crippen molar-refractivity contribution in [1.29, 1.82) is 0 Å². The second-order valence-corrected chi connectivity index (χ2v) is 9.57. The Kier molecular flexibility index (Phi) is 7.75. The Labute approximate surface area is 226 Å². The molecule has 10 heteroatoms. The third-order valence-electron chi connectivity index (χ3n) is 5.56. The molecule has 37 heavy (non-hydrogen) atoms. The summed E-state index contributed by atoms with van der Waals surface area (Å²) < 4.78 is 6.38. The number of halogens is 2. The van der Waals surface area contributed by atoms with Crippen molar-refractivity contribution >= 4 is 68.7 Å². The predicted molar refractivity (Wildman–Crippen MR) is 145 cm³/mol. The van der Waals surface area contributed by atoms with Crippen LogP contribution in [0.4, 0.5) is 16.2 Å². The lowest BCUT2D eigenvalue weighted by Crippen LogP contribution is -2.54. The van der Waals surface area contributed by atoms with Gasteiger partial charge in [-0.15, -0.1) is 0 Å². The smallest absolute Gasteiger partial charge is 0.335 e. The van der Waals surface area contributed by atoms with Gasteiger partial charge in [-0.25, -0.2) is 9.69 Å². The fraction of sp³-hybridized carbons (Fsp3) is 0.111. The fourth-order valence-corrected chi connectivity index (χ4v) is 4.21. The van der Waals surface area contributed by atoms with Gasteiger partial charge >= 0.3 is 6.03 Å². The van der Waals surface area contributed by atoms with E-state index < -0.39 is 17.8 Å². The first kappa shape index (κ1) is 26.1. The molecule has 0 aliphatic carbocycles. The SMILES string of the molecule is Cc1ccccc1NC(=O)COc1ccc(Br)cc1/C=C1\C(=O)NC(=O)N(c2cc(Cl)ccc2C)C1=O. The Morgan fingerprint density at radius 1 is 1.05 bits per heavy atom. The summed E-state index contributed by atoms with van der Waals surface area (Å²) >= 11 is 9.45. The Balaban J connectivity index is 1.61. The number of urea groups is 1. The molecule has 2 N–H and O–H groups in total. The summed E-state index contributed by atoms with van der Waals surface area (Å²) in [7, 11) is 0. The van der Waals surface area contributed by atoms with Crippen molar-refractivity contribution in [2.24, 2.45) is 0 Å². The number of benzene rings is 3. The zero-order valence-electron chi connectivity index (χ0n) is 19.8. The van der Waals surface area contributed by atoms with E-state index in [1.807, 2.05) is 25.1 Å². The molecule has 1 aliphatic heterocycles. The maximum Gasteiger partial charge on any atom is 0.335 e. The highest BCUT2D eigenvalue weighted by Gasteiger charge is 2.37. The van der Waals surface area contributed by atoms with E-state index in [-0.39, 0.29) is 29.5 Å². The first-order valence-corrected chi connectivity index (χ1v) is 12.3. The third kappa shape index (κ3) is 5.90. The number of nitrogens with zero attached hydrogens (tertiary/aromatic N) is 1. The van der Waals surface area contributed by atoms with Gasteiger partial charge in [0.1, 0.15) is 11.3 Å². The van der Waals surface area contributed by atoms with Crippen LogP contribution in [0.2, 0.25) is 5.02 Å². The van der Waals surface area contributed by atoms with E-state index in [0.29, 0.717) is 26.3 Å². The fourth-order valence-electron chi connectivity index (χ4n) is 3.66. The molecule has 8 nitrogen and oxygen atoms in total. The molecule has 4 rings (SSSR count). The third-order valence-corrected chi connectivity index (χ3v) is 6.29. The number of para-hydroxylation sites is 1. The molecular weight excluding hydrogens is 562 g/mol. The summed E-state index contributed by atoms with van der Waals surface area (Å²) in [4.78, 5) is 51.9. The maximum absolute atomic E-state index is 13.3. The van der Waals surface area contributed by atoms with Gasteiger partial charge in [0, 0.05) is 20.7 Å². The molecule has 0 unspecified atom stereocenters. The van der Waals surface area contributed by atoms with Crippen molar-refractivity contribution in [2.75, 3.05) is 16.8 Å². The molecular formula is C27H21BrClN3O5. The Morgan fingerprint density at radius 2 is 1.81 bits per heavy atom. The number of nitrogens with one attached hydrogen (secondary N) is 2. The van der Waals surface area contributed by atoms with Crippen molar-refractivity contribution in [2.45, 2.75) is 13.8 Å². The van der Waals surface area contributed by atoms with Crippen LogP contribution >= 0.6 is 27.5 Å². The lowest BCUT2D eigenvalue weighted by molar-refractivity contribution is -0.122. The molecule has 0 bridgehead atoms. The number of barbiturate groups is 1. The molecule has 0 spiro atoms. The van der Waals surface area contributed by atoms with Crippen LogP contribution in [0.1, 0.15) is 16.7 Å². The molecule has 5 amide bonds. The topological polar surface area (TPSA) is 105 Å². The van der Waals surface area contributed by atoms with E-state index in [2.05, 4.69) is 26.6 Å². The second kappa shape index (κ2) is 11.0. The van der Waals surface area contributed by atoms with Gasteiger partial charge < -0.3 is 10.1 Å². The van der Waals surface area contributed by atoms with Crippen LogP contribution < -0.4 is 20.3 Å². The molecule has 0 saturated carbocycles. The maximum atomic E-state index is 13.3. The predicted octanol–water partition coefficient (Wildman–Crippen LogP) is 5.40. The monoisotopic (exact) mass is 581 g/mol. The number of rotatable bonds is 6. The van der Waals surface area contributed by atoms with E-state index in [9.17, 15) is 19.2 Å². The zero-order chi connectivity index (χ0) is 26.7. The van der Waals surface area contributed by atoms with Crippen LogP contribution in [-0.2, 0) is 14.4 Å². The zero-order valence-corrected chi connectivity index (χ0v) is 22.1. The number of ether oxygens (including phenoxy) is 1. The minimum absolute atomic E-state index is 0.256. The van der Waals surface area contributed by atoms with Gasteiger partial charge in [-0.1, -0.05) is 51.8 Å². The summed E-state index contributed by atoms with van der Waals surface area (Å²) in [6.45, 7) is 3.29. The summed E-state index contributed by atoms with van der Waals surface area (Å²) in [6.07, 6.45) is 1.32. The quantitative estimate of drug-likeness (QED) is 0.299. The number of carbonyl (C=O) groups excluding carboxylic acids is 4. The van der Waals surface area contributed by atoms with E-state index in [0.717, 1.165) is 10.5 Å². The summed E-state index contributed by atoms with van der Waals surface area (Å²) in [6, 6.07) is 16.2. The molecule has 0 aromatic heterocycles. The molecule has 1 heterocycles. The van der Waals surface area contributed by atoms with Gasteiger partial charge in [-0.2, -0.15) is 0 Å². The highest BCUT2D eigenvalue weighted by Crippen LogP contribution is 2.30. The molecule has 1 saturated heterocycles. The van der Waals surface area contributed by atoms with Crippen LogP contribution in [0.15, 0.2) is 70.7 Å². The lowest BCUT2D eigenvalue weighted by Gasteiger charge is -2.27. The first-order valence-electron chi connectivity index (χ1n) is 11.1. The van der Waals surface area contributed by atoms with Crippen LogP contribution in [0.3, 0.4) is 0 Å². The molecule has 3 aromatic carbocycles. The Hall–Kier alpha value is -3.95. The van der Waals surface area contributed by atoms with E-state index in [4.69, 9.17) is 16.3 Å². The van der Waals surface area contributed by atoms with Gasteiger partial charge in [0.15, 0.2) is 6.61 Å². The highest BCUT2D eigenvalue weighted by atomic mass is 79.9. The molecule has 1 fully saturated rings. The normalized spacial score (nSPS) is 14.5. The summed E-state index contributed by atoms with van der Waals surface area (Å²) in [5.74, 6) is -1.79. The largest absolute Gasteiger partial charge is 0.483 e. The summed E-state index contributed by atoms with van der Waals surface area (Å²) in [5, 5.41) is 5.30. The number of aryl methyl sites for hydroxylation is 2. The minimum atomic E-state index is -0.879. The van der Waals surface area contributed by atoms with Gasteiger partial charge in [0.25, 0.3) is 17.7 Å². The number of anilines is 2. The molecule has 0 radical (unpaired) electrons. The van der Waals surface area contributed by atoms with E-state index in [1.54, 1.807) is 43.3 Å². The van der Waals surface area contributed by atoms with Gasteiger partial charge in [0.2, 0.25) is 0 Å². The second-order valence-electron chi connectivity index (χ2n) is 8.22. The average Bonchev–Trinajstić information content (AvgIpc) is 2.84.